The van der Waals surface area contributed by atoms with Crippen molar-refractivity contribution in [3.8, 4) is 0 Å². The first-order valence-electron chi connectivity index (χ1n) is 9.60. The summed E-state index contributed by atoms with van der Waals surface area (Å²) in [6.07, 6.45) is 0. The van der Waals surface area contributed by atoms with Crippen molar-refractivity contribution in [2.45, 2.75) is 12.6 Å². The van der Waals surface area contributed by atoms with Gasteiger partial charge in [-0.05, 0) is 28.8 Å². The number of benzene rings is 3. The molecule has 1 aliphatic heterocycles. The molecule has 3 aromatic carbocycles. The fourth-order valence-corrected chi connectivity index (χ4v) is 4.04. The Morgan fingerprint density at radius 2 is 1.17 bits per heavy atom. The van der Waals surface area contributed by atoms with Crippen LogP contribution >= 0.6 is 36.4 Å². The number of hydrogen-bond acceptors (Lipinski definition) is 2. The highest BCUT2D eigenvalue weighted by atomic mass is 35.5. The van der Waals surface area contributed by atoms with Crippen LogP contribution in [0.3, 0.4) is 0 Å². The van der Waals surface area contributed by atoms with Crippen LogP contribution in [0.4, 0.5) is 0 Å². The van der Waals surface area contributed by atoms with E-state index in [4.69, 9.17) is 11.6 Å². The second-order valence-corrected chi connectivity index (χ2v) is 7.60. The Labute approximate surface area is 191 Å². The maximum absolute atomic E-state index is 6.12. The number of halogens is 3. The van der Waals surface area contributed by atoms with E-state index in [0.717, 1.165) is 37.7 Å². The molecule has 0 aromatic heterocycles. The molecule has 0 N–H and O–H groups in total. The molecule has 29 heavy (non-hydrogen) atoms. The minimum Gasteiger partial charge on any atom is -0.297 e. The van der Waals surface area contributed by atoms with Gasteiger partial charge >= 0.3 is 0 Å². The monoisotopic (exact) mass is 448 g/mol. The molecule has 1 aliphatic rings. The predicted octanol–water partition coefficient (Wildman–Crippen LogP) is 6.09. The number of piperazine rings is 1. The summed E-state index contributed by atoms with van der Waals surface area (Å²) in [7, 11) is 0. The molecule has 1 heterocycles. The van der Waals surface area contributed by atoms with Crippen molar-refractivity contribution in [1.82, 2.24) is 9.80 Å². The van der Waals surface area contributed by atoms with Gasteiger partial charge in [-0.2, -0.15) is 0 Å². The van der Waals surface area contributed by atoms with Gasteiger partial charge in [0, 0.05) is 37.7 Å². The van der Waals surface area contributed by atoms with Crippen LogP contribution in [0.5, 0.6) is 0 Å². The van der Waals surface area contributed by atoms with Gasteiger partial charge in [-0.1, -0.05) is 84.4 Å². The standard InChI is InChI=1S/C24H25ClN2.2ClH/c25-23-13-11-22(12-14-23)24(21-9-5-2-6-10-21)27-17-15-26(16-18-27)19-20-7-3-1-4-8-20;;/h1-14,24H,15-19H2;2*1H/t24-;;/m1../s1. The van der Waals surface area contributed by atoms with E-state index in [1.807, 2.05) is 12.1 Å². The minimum atomic E-state index is 0. The van der Waals surface area contributed by atoms with Crippen LogP contribution in [0, 0.1) is 0 Å². The summed E-state index contributed by atoms with van der Waals surface area (Å²) in [5.41, 5.74) is 4.04. The van der Waals surface area contributed by atoms with Crippen molar-refractivity contribution in [2.75, 3.05) is 26.2 Å². The van der Waals surface area contributed by atoms with Gasteiger partial charge in [0.2, 0.25) is 0 Å². The molecule has 5 heteroatoms. The third-order valence-electron chi connectivity index (χ3n) is 5.32. The summed E-state index contributed by atoms with van der Waals surface area (Å²) in [6.45, 7) is 5.34. The number of rotatable bonds is 5. The van der Waals surface area contributed by atoms with Crippen molar-refractivity contribution in [3.05, 3.63) is 107 Å². The van der Waals surface area contributed by atoms with Gasteiger partial charge in [0.1, 0.15) is 0 Å². The van der Waals surface area contributed by atoms with Gasteiger partial charge in [-0.25, -0.2) is 0 Å². The molecule has 2 nitrogen and oxygen atoms in total. The van der Waals surface area contributed by atoms with E-state index in [1.54, 1.807) is 0 Å². The zero-order valence-electron chi connectivity index (χ0n) is 16.3. The maximum Gasteiger partial charge on any atom is 0.0602 e. The summed E-state index contributed by atoms with van der Waals surface area (Å²) in [6, 6.07) is 30.2. The summed E-state index contributed by atoms with van der Waals surface area (Å²) < 4.78 is 0. The highest BCUT2D eigenvalue weighted by molar-refractivity contribution is 6.30. The van der Waals surface area contributed by atoms with Crippen LogP contribution in [-0.2, 0) is 6.54 Å². The first kappa shape index (κ1) is 23.7. The zero-order chi connectivity index (χ0) is 18.5. The Balaban J connectivity index is 0.00000150. The Morgan fingerprint density at radius 1 is 0.655 bits per heavy atom. The summed E-state index contributed by atoms with van der Waals surface area (Å²) in [5, 5.41) is 0.790. The molecule has 0 spiro atoms. The Kier molecular flexibility index (Phi) is 9.48. The van der Waals surface area contributed by atoms with Crippen LogP contribution in [0.1, 0.15) is 22.7 Å². The van der Waals surface area contributed by atoms with Crippen molar-refractivity contribution >= 4 is 36.4 Å². The van der Waals surface area contributed by atoms with Crippen molar-refractivity contribution in [2.24, 2.45) is 0 Å². The highest BCUT2D eigenvalue weighted by Gasteiger charge is 2.26. The van der Waals surface area contributed by atoms with Crippen molar-refractivity contribution in [1.29, 1.82) is 0 Å². The van der Waals surface area contributed by atoms with Gasteiger partial charge in [0.15, 0.2) is 0 Å². The Hall–Kier alpha value is -1.55. The second-order valence-electron chi connectivity index (χ2n) is 7.16. The van der Waals surface area contributed by atoms with E-state index >= 15 is 0 Å². The first-order chi connectivity index (χ1) is 13.3. The maximum atomic E-state index is 6.12. The van der Waals surface area contributed by atoms with Gasteiger partial charge in [-0.15, -0.1) is 24.8 Å². The summed E-state index contributed by atoms with van der Waals surface area (Å²) >= 11 is 6.12. The van der Waals surface area contributed by atoms with E-state index in [-0.39, 0.29) is 30.9 Å². The van der Waals surface area contributed by atoms with Crippen LogP contribution < -0.4 is 0 Å². The third-order valence-corrected chi connectivity index (χ3v) is 5.57. The lowest BCUT2D eigenvalue weighted by Gasteiger charge is -2.40. The quantitative estimate of drug-likeness (QED) is 0.465. The number of nitrogens with zero attached hydrogens (tertiary/aromatic N) is 2. The molecule has 0 aliphatic carbocycles. The lowest BCUT2D eigenvalue weighted by Crippen LogP contribution is -2.47. The smallest absolute Gasteiger partial charge is 0.0602 e. The number of hydrogen-bond donors (Lipinski definition) is 0. The predicted molar refractivity (Wildman–Crippen MR) is 128 cm³/mol. The second kappa shape index (κ2) is 11.6. The van der Waals surface area contributed by atoms with E-state index in [1.165, 1.54) is 16.7 Å². The van der Waals surface area contributed by atoms with E-state index in [9.17, 15) is 0 Å². The zero-order valence-corrected chi connectivity index (χ0v) is 18.7. The molecular formula is C24H27Cl3N2. The largest absolute Gasteiger partial charge is 0.297 e. The van der Waals surface area contributed by atoms with Gasteiger partial charge in [0.05, 0.1) is 6.04 Å². The Bertz CT molecular complexity index is 833. The van der Waals surface area contributed by atoms with E-state index in [0.29, 0.717) is 0 Å². The molecule has 0 radical (unpaired) electrons. The van der Waals surface area contributed by atoms with E-state index in [2.05, 4.69) is 82.6 Å². The fourth-order valence-electron chi connectivity index (χ4n) is 3.92. The summed E-state index contributed by atoms with van der Waals surface area (Å²) in [5.74, 6) is 0. The average molecular weight is 450 g/mol. The Morgan fingerprint density at radius 3 is 1.76 bits per heavy atom. The third kappa shape index (κ3) is 6.21. The van der Waals surface area contributed by atoms with Crippen LogP contribution in [0.15, 0.2) is 84.9 Å². The van der Waals surface area contributed by atoms with Gasteiger partial charge in [-0.3, -0.25) is 9.80 Å². The van der Waals surface area contributed by atoms with Crippen LogP contribution in [0.25, 0.3) is 0 Å². The molecular weight excluding hydrogens is 423 g/mol. The minimum absolute atomic E-state index is 0. The molecule has 0 bridgehead atoms. The SMILES string of the molecule is Cl.Cl.Clc1ccc([C@@H](c2ccccc2)N2CCN(Cc3ccccc3)CC2)cc1. The van der Waals surface area contributed by atoms with E-state index < -0.39 is 0 Å². The highest BCUT2D eigenvalue weighted by Crippen LogP contribution is 2.30. The molecule has 0 saturated carbocycles. The fraction of sp³-hybridized carbons (Fsp3) is 0.250. The molecule has 4 rings (SSSR count). The molecule has 154 valence electrons. The normalized spacial score (nSPS) is 15.8. The molecule has 0 unspecified atom stereocenters. The lowest BCUT2D eigenvalue weighted by atomic mass is 9.96. The van der Waals surface area contributed by atoms with Crippen LogP contribution in [-0.4, -0.2) is 36.0 Å². The molecule has 0 amide bonds. The van der Waals surface area contributed by atoms with Gasteiger partial charge in [0.25, 0.3) is 0 Å². The van der Waals surface area contributed by atoms with Crippen molar-refractivity contribution < 1.29 is 0 Å². The summed E-state index contributed by atoms with van der Waals surface area (Å²) in [4.78, 5) is 5.15. The van der Waals surface area contributed by atoms with Crippen molar-refractivity contribution in [3.63, 3.8) is 0 Å². The molecule has 3 aromatic rings. The van der Waals surface area contributed by atoms with Crippen LogP contribution in [0.2, 0.25) is 5.02 Å². The molecule has 1 fully saturated rings. The van der Waals surface area contributed by atoms with Gasteiger partial charge < -0.3 is 0 Å². The first-order valence-corrected chi connectivity index (χ1v) is 9.98. The molecule has 1 atom stereocenters. The molecule has 1 saturated heterocycles. The lowest BCUT2D eigenvalue weighted by molar-refractivity contribution is 0.105. The topological polar surface area (TPSA) is 6.48 Å². The average Bonchev–Trinajstić information content (AvgIpc) is 2.73.